The van der Waals surface area contributed by atoms with Gasteiger partial charge in [-0.05, 0) is 43.7 Å². The lowest BCUT2D eigenvalue weighted by Gasteiger charge is -2.12. The third-order valence-electron chi connectivity index (χ3n) is 4.13. The van der Waals surface area contributed by atoms with E-state index in [0.29, 0.717) is 35.7 Å². The fraction of sp³-hybridized carbons (Fsp3) is 0.333. The average Bonchev–Trinajstić information content (AvgIpc) is 2.68. The Labute approximate surface area is 160 Å². The summed E-state index contributed by atoms with van der Waals surface area (Å²) < 4.78 is 5.17. The highest BCUT2D eigenvalue weighted by molar-refractivity contribution is 6.10. The molecule has 144 valence electrons. The fourth-order valence-electron chi connectivity index (χ4n) is 2.69. The van der Waals surface area contributed by atoms with Crippen molar-refractivity contribution in [2.75, 3.05) is 24.3 Å². The van der Waals surface area contributed by atoms with E-state index in [4.69, 9.17) is 10.5 Å². The molecule has 0 aliphatic rings. The summed E-state index contributed by atoms with van der Waals surface area (Å²) in [6.07, 6.45) is 4.22. The average molecular weight is 369 g/mol. The zero-order valence-electron chi connectivity index (χ0n) is 15.7. The quantitative estimate of drug-likeness (QED) is 0.555. The van der Waals surface area contributed by atoms with Crippen molar-refractivity contribution < 1.29 is 14.3 Å². The second-order valence-corrected chi connectivity index (χ2v) is 6.23. The van der Waals surface area contributed by atoms with E-state index in [2.05, 4.69) is 10.6 Å². The monoisotopic (exact) mass is 369 g/mol. The Morgan fingerprint density at radius 2 is 1.74 bits per heavy atom. The largest absolute Gasteiger partial charge is 0.497 e. The molecule has 0 saturated heterocycles. The third kappa shape index (κ3) is 6.75. The van der Waals surface area contributed by atoms with Gasteiger partial charge in [0, 0.05) is 18.2 Å². The van der Waals surface area contributed by atoms with Crippen LogP contribution in [0.1, 0.15) is 42.5 Å². The van der Waals surface area contributed by atoms with Crippen LogP contribution in [-0.4, -0.2) is 25.5 Å². The Hall–Kier alpha value is -2.86. The predicted octanol–water partition coefficient (Wildman–Crippen LogP) is 3.80. The highest BCUT2D eigenvalue weighted by atomic mass is 16.5. The Bertz CT molecular complexity index is 762. The van der Waals surface area contributed by atoms with Gasteiger partial charge in [0.2, 0.25) is 5.91 Å². The van der Waals surface area contributed by atoms with Crippen LogP contribution in [0.4, 0.5) is 11.4 Å². The van der Waals surface area contributed by atoms with E-state index in [1.165, 1.54) is 0 Å². The summed E-state index contributed by atoms with van der Waals surface area (Å²) in [5.41, 5.74) is 7.01. The molecule has 27 heavy (non-hydrogen) atoms. The minimum atomic E-state index is -0.290. The predicted molar refractivity (Wildman–Crippen MR) is 108 cm³/mol. The van der Waals surface area contributed by atoms with Crippen molar-refractivity contribution in [3.8, 4) is 5.75 Å². The van der Waals surface area contributed by atoms with Crippen LogP contribution >= 0.6 is 0 Å². The van der Waals surface area contributed by atoms with E-state index in [-0.39, 0.29) is 11.8 Å². The van der Waals surface area contributed by atoms with Crippen molar-refractivity contribution in [1.29, 1.82) is 0 Å². The van der Waals surface area contributed by atoms with Gasteiger partial charge in [0.05, 0.1) is 18.4 Å². The summed E-state index contributed by atoms with van der Waals surface area (Å²) >= 11 is 0. The first-order valence-electron chi connectivity index (χ1n) is 9.18. The van der Waals surface area contributed by atoms with Crippen LogP contribution in [0.25, 0.3) is 0 Å². The molecule has 0 heterocycles. The number of benzene rings is 2. The molecule has 0 aromatic heterocycles. The van der Waals surface area contributed by atoms with E-state index in [9.17, 15) is 9.59 Å². The van der Waals surface area contributed by atoms with Gasteiger partial charge in [-0.25, -0.2) is 0 Å². The van der Waals surface area contributed by atoms with Crippen LogP contribution in [0.2, 0.25) is 0 Å². The first-order valence-corrected chi connectivity index (χ1v) is 9.18. The van der Waals surface area contributed by atoms with E-state index < -0.39 is 0 Å². The van der Waals surface area contributed by atoms with Gasteiger partial charge in [0.25, 0.3) is 5.91 Å². The Morgan fingerprint density at radius 3 is 2.52 bits per heavy atom. The number of hydrogen-bond donors (Lipinski definition) is 3. The molecule has 2 rings (SSSR count). The lowest BCUT2D eigenvalue weighted by molar-refractivity contribution is -0.116. The normalized spacial score (nSPS) is 10.3. The molecule has 6 heteroatoms. The molecule has 0 aliphatic carbocycles. The van der Waals surface area contributed by atoms with E-state index in [1.807, 2.05) is 0 Å². The number of carbonyl (C=O) groups excluding carboxylic acids is 2. The number of para-hydroxylation sites is 1. The maximum absolute atomic E-state index is 12.6. The molecule has 0 aliphatic heterocycles. The summed E-state index contributed by atoms with van der Waals surface area (Å²) in [5.74, 6) is 0.274. The van der Waals surface area contributed by atoms with Gasteiger partial charge >= 0.3 is 0 Å². The number of anilines is 2. The lowest BCUT2D eigenvalue weighted by atomic mass is 10.1. The van der Waals surface area contributed by atoms with Crippen LogP contribution in [0, 0.1) is 0 Å². The van der Waals surface area contributed by atoms with Crippen molar-refractivity contribution >= 4 is 23.2 Å². The molecule has 0 unspecified atom stereocenters. The number of amides is 2. The summed E-state index contributed by atoms with van der Waals surface area (Å²) in [6.45, 7) is 0.683. The highest BCUT2D eigenvalue weighted by Crippen LogP contribution is 2.20. The molecule has 0 saturated carbocycles. The van der Waals surface area contributed by atoms with Crippen molar-refractivity contribution in [1.82, 2.24) is 0 Å². The zero-order valence-corrected chi connectivity index (χ0v) is 15.7. The van der Waals surface area contributed by atoms with E-state index in [0.717, 1.165) is 25.7 Å². The van der Waals surface area contributed by atoms with Crippen molar-refractivity contribution in [2.24, 2.45) is 5.73 Å². The smallest absolute Gasteiger partial charge is 0.257 e. The number of hydrogen-bond acceptors (Lipinski definition) is 4. The summed E-state index contributed by atoms with van der Waals surface area (Å²) in [5, 5.41) is 5.67. The van der Waals surface area contributed by atoms with Crippen LogP contribution in [-0.2, 0) is 4.79 Å². The SMILES string of the molecule is COc1cccc(NC(=O)c2ccccc2NC(=O)CCCCCCN)c1. The third-order valence-corrected chi connectivity index (χ3v) is 4.13. The lowest BCUT2D eigenvalue weighted by Crippen LogP contribution is -2.18. The molecule has 2 amide bonds. The molecule has 0 bridgehead atoms. The first kappa shape index (κ1) is 20.5. The Balaban J connectivity index is 1.97. The summed E-state index contributed by atoms with van der Waals surface area (Å²) in [6, 6.07) is 14.1. The molecule has 0 spiro atoms. The van der Waals surface area contributed by atoms with Crippen LogP contribution in [0.15, 0.2) is 48.5 Å². The van der Waals surface area contributed by atoms with Gasteiger partial charge in [-0.2, -0.15) is 0 Å². The number of methoxy groups -OCH3 is 1. The number of ether oxygens (including phenoxy) is 1. The number of rotatable bonds is 10. The van der Waals surface area contributed by atoms with Gasteiger partial charge in [0.1, 0.15) is 5.75 Å². The van der Waals surface area contributed by atoms with Crippen molar-refractivity contribution in [2.45, 2.75) is 32.1 Å². The zero-order chi connectivity index (χ0) is 19.5. The molecule has 6 nitrogen and oxygen atoms in total. The van der Waals surface area contributed by atoms with E-state index >= 15 is 0 Å². The molecular formula is C21H27N3O3. The van der Waals surface area contributed by atoms with Gasteiger partial charge < -0.3 is 21.1 Å². The Kier molecular flexibility index (Phi) is 8.32. The minimum Gasteiger partial charge on any atom is -0.497 e. The van der Waals surface area contributed by atoms with Crippen molar-refractivity contribution in [3.63, 3.8) is 0 Å². The Morgan fingerprint density at radius 1 is 0.963 bits per heavy atom. The van der Waals surface area contributed by atoms with Crippen LogP contribution in [0.5, 0.6) is 5.75 Å². The van der Waals surface area contributed by atoms with E-state index in [1.54, 1.807) is 55.6 Å². The molecule has 2 aromatic rings. The maximum atomic E-state index is 12.6. The molecule has 0 radical (unpaired) electrons. The van der Waals surface area contributed by atoms with Gasteiger partial charge in [0.15, 0.2) is 0 Å². The molecule has 2 aromatic carbocycles. The first-order chi connectivity index (χ1) is 13.1. The van der Waals surface area contributed by atoms with Crippen molar-refractivity contribution in [3.05, 3.63) is 54.1 Å². The number of nitrogens with one attached hydrogen (secondary N) is 2. The van der Waals surface area contributed by atoms with Gasteiger partial charge in [-0.3, -0.25) is 9.59 Å². The minimum absolute atomic E-state index is 0.0932. The fourth-order valence-corrected chi connectivity index (χ4v) is 2.69. The second-order valence-electron chi connectivity index (χ2n) is 6.23. The second kappa shape index (κ2) is 11.0. The summed E-state index contributed by atoms with van der Waals surface area (Å²) in [7, 11) is 1.57. The molecule has 4 N–H and O–H groups in total. The number of unbranched alkanes of at least 4 members (excludes halogenated alkanes) is 3. The van der Waals surface area contributed by atoms with Gasteiger partial charge in [-0.1, -0.05) is 31.0 Å². The van der Waals surface area contributed by atoms with Crippen LogP contribution < -0.4 is 21.1 Å². The summed E-state index contributed by atoms with van der Waals surface area (Å²) in [4.78, 5) is 24.8. The molecular weight excluding hydrogens is 342 g/mol. The van der Waals surface area contributed by atoms with Crippen LogP contribution in [0.3, 0.4) is 0 Å². The topological polar surface area (TPSA) is 93.5 Å². The maximum Gasteiger partial charge on any atom is 0.257 e. The molecule has 0 atom stereocenters. The number of nitrogens with two attached hydrogens (primary N) is 1. The highest BCUT2D eigenvalue weighted by Gasteiger charge is 2.13. The number of carbonyl (C=O) groups is 2. The standard InChI is InChI=1S/C21H27N3O3/c1-27-17-10-8-9-16(15-17)23-21(26)18-11-5-6-12-19(18)24-20(25)13-4-2-3-7-14-22/h5-6,8-12,15H,2-4,7,13-14,22H2,1H3,(H,23,26)(H,24,25). The molecule has 0 fully saturated rings. The van der Waals surface area contributed by atoms with Gasteiger partial charge in [-0.15, -0.1) is 0 Å².